The van der Waals surface area contributed by atoms with Gasteiger partial charge in [0.25, 0.3) is 5.91 Å². The zero-order chi connectivity index (χ0) is 29.3. The van der Waals surface area contributed by atoms with E-state index in [1.165, 1.54) is 38.6 Å². The van der Waals surface area contributed by atoms with Crippen LogP contribution in [0, 0.1) is 3.57 Å². The Balaban J connectivity index is 1.57. The number of amides is 3. The van der Waals surface area contributed by atoms with Crippen LogP contribution in [-0.2, 0) is 20.6 Å². The number of benzene rings is 3. The van der Waals surface area contributed by atoms with Crippen molar-refractivity contribution in [1.29, 1.82) is 0 Å². The van der Waals surface area contributed by atoms with Gasteiger partial charge in [-0.1, -0.05) is 6.07 Å². The molecule has 3 aromatic rings. The first-order valence-corrected chi connectivity index (χ1v) is 12.3. The molecule has 0 aliphatic rings. The van der Waals surface area contributed by atoms with Gasteiger partial charge in [0, 0.05) is 11.4 Å². The number of ether oxygens (including phenoxy) is 3. The van der Waals surface area contributed by atoms with Crippen molar-refractivity contribution in [3.8, 4) is 17.2 Å². The number of anilines is 2. The number of alkyl halides is 3. The molecule has 0 saturated carbocycles. The number of nitrogens with zero attached hydrogens (tertiary/aromatic N) is 1. The Morgan fingerprint density at radius 2 is 1.65 bits per heavy atom. The number of halogens is 4. The fourth-order valence-electron chi connectivity index (χ4n) is 3.14. The summed E-state index contributed by atoms with van der Waals surface area (Å²) in [5, 5.41) is 8.55. The third kappa shape index (κ3) is 8.59. The highest BCUT2D eigenvalue weighted by molar-refractivity contribution is 14.1. The molecule has 0 bridgehead atoms. The summed E-state index contributed by atoms with van der Waals surface area (Å²) in [5.74, 6) is -1.58. The van der Waals surface area contributed by atoms with Crippen LogP contribution in [0.2, 0.25) is 0 Å². The highest BCUT2D eigenvalue weighted by atomic mass is 127. The average molecular weight is 670 g/mol. The van der Waals surface area contributed by atoms with Crippen molar-refractivity contribution in [2.75, 3.05) is 31.5 Å². The molecule has 40 heavy (non-hydrogen) atoms. The number of hydrogen-bond donors (Lipinski definition) is 3. The van der Waals surface area contributed by atoms with E-state index >= 15 is 0 Å². The first kappa shape index (κ1) is 30.2. The summed E-state index contributed by atoms with van der Waals surface area (Å²) < 4.78 is 55.1. The lowest BCUT2D eigenvalue weighted by Gasteiger charge is -2.14. The van der Waals surface area contributed by atoms with Crippen molar-refractivity contribution < 1.29 is 41.8 Å². The molecule has 0 saturated heterocycles. The van der Waals surface area contributed by atoms with Gasteiger partial charge in [-0.15, -0.1) is 0 Å². The number of carbonyl (C=O) groups excluding carboxylic acids is 3. The maximum atomic E-state index is 12.9. The van der Waals surface area contributed by atoms with Gasteiger partial charge < -0.3 is 24.8 Å². The van der Waals surface area contributed by atoms with Crippen molar-refractivity contribution >= 4 is 57.9 Å². The van der Waals surface area contributed by atoms with Crippen LogP contribution in [0.5, 0.6) is 17.2 Å². The molecular weight excluding hydrogens is 648 g/mol. The molecule has 0 aliphatic carbocycles. The molecule has 3 aromatic carbocycles. The Morgan fingerprint density at radius 1 is 0.925 bits per heavy atom. The molecule has 3 rings (SSSR count). The quantitative estimate of drug-likeness (QED) is 0.134. The summed E-state index contributed by atoms with van der Waals surface area (Å²) in [4.78, 5) is 36.4. The van der Waals surface area contributed by atoms with Crippen LogP contribution in [0.4, 0.5) is 24.5 Å². The predicted octanol–water partition coefficient (Wildman–Crippen LogP) is 4.43. The minimum absolute atomic E-state index is 0.0311. The molecule has 0 radical (unpaired) electrons. The maximum absolute atomic E-state index is 12.9. The minimum Gasteiger partial charge on any atom is -0.497 e. The first-order chi connectivity index (χ1) is 19.0. The Labute approximate surface area is 240 Å². The third-order valence-corrected chi connectivity index (χ3v) is 5.81. The molecular formula is C26H22F3IN4O6. The zero-order valence-corrected chi connectivity index (χ0v) is 23.1. The normalized spacial score (nSPS) is 11.1. The highest BCUT2D eigenvalue weighted by Gasteiger charge is 2.30. The lowest BCUT2D eigenvalue weighted by molar-refractivity contribution is -0.137. The second-order valence-electron chi connectivity index (χ2n) is 7.83. The van der Waals surface area contributed by atoms with Gasteiger partial charge in [-0.2, -0.15) is 18.3 Å². The van der Waals surface area contributed by atoms with Crippen molar-refractivity contribution in [3.63, 3.8) is 0 Å². The summed E-state index contributed by atoms with van der Waals surface area (Å²) >= 11 is 1.93. The zero-order valence-electron chi connectivity index (χ0n) is 21.0. The van der Waals surface area contributed by atoms with Crippen LogP contribution in [0.3, 0.4) is 0 Å². The van der Waals surface area contributed by atoms with Crippen molar-refractivity contribution in [2.24, 2.45) is 5.10 Å². The summed E-state index contributed by atoms with van der Waals surface area (Å²) in [5.41, 5.74) is 2.05. The predicted molar refractivity (Wildman–Crippen MR) is 149 cm³/mol. The van der Waals surface area contributed by atoms with E-state index in [1.54, 1.807) is 30.3 Å². The van der Waals surface area contributed by atoms with E-state index in [0.29, 0.717) is 20.6 Å². The molecule has 0 fully saturated rings. The molecule has 210 valence electrons. The number of hydrogen-bond acceptors (Lipinski definition) is 7. The van der Waals surface area contributed by atoms with Gasteiger partial charge in [0.05, 0.1) is 29.6 Å². The number of carbonyl (C=O) groups is 3. The summed E-state index contributed by atoms with van der Waals surface area (Å²) in [6.07, 6.45) is -3.27. The van der Waals surface area contributed by atoms with Gasteiger partial charge in [0.15, 0.2) is 18.1 Å². The molecule has 14 heteroatoms. The Hall–Kier alpha value is -4.34. The number of methoxy groups -OCH3 is 2. The third-order valence-electron chi connectivity index (χ3n) is 5.01. The van der Waals surface area contributed by atoms with Crippen molar-refractivity contribution in [1.82, 2.24) is 5.43 Å². The van der Waals surface area contributed by atoms with Gasteiger partial charge in [-0.3, -0.25) is 14.4 Å². The smallest absolute Gasteiger partial charge is 0.416 e. The Bertz CT molecular complexity index is 1410. The second kappa shape index (κ2) is 13.6. The van der Waals surface area contributed by atoms with E-state index in [0.717, 1.165) is 12.1 Å². The molecule has 0 aromatic heterocycles. The molecule has 0 aliphatic heterocycles. The summed E-state index contributed by atoms with van der Waals surface area (Å²) in [6.45, 7) is -0.505. The van der Waals surface area contributed by atoms with Gasteiger partial charge in [0.1, 0.15) is 5.75 Å². The fraction of sp³-hybridized carbons (Fsp3) is 0.154. The summed E-state index contributed by atoms with van der Waals surface area (Å²) in [7, 11) is 2.87. The molecule has 0 heterocycles. The van der Waals surface area contributed by atoms with E-state index in [9.17, 15) is 27.6 Å². The fourth-order valence-corrected chi connectivity index (χ4v) is 3.92. The van der Waals surface area contributed by atoms with Gasteiger partial charge >= 0.3 is 18.0 Å². The van der Waals surface area contributed by atoms with E-state index in [-0.39, 0.29) is 17.2 Å². The van der Waals surface area contributed by atoms with Crippen LogP contribution in [-0.4, -0.2) is 44.8 Å². The van der Waals surface area contributed by atoms with Gasteiger partial charge in [0.2, 0.25) is 0 Å². The molecule has 0 spiro atoms. The Kier molecular flexibility index (Phi) is 10.3. The molecule has 10 nitrogen and oxygen atoms in total. The van der Waals surface area contributed by atoms with E-state index in [1.807, 2.05) is 22.6 Å². The van der Waals surface area contributed by atoms with Crippen LogP contribution in [0.15, 0.2) is 65.8 Å². The van der Waals surface area contributed by atoms with Crippen molar-refractivity contribution in [2.45, 2.75) is 6.18 Å². The minimum atomic E-state index is -4.54. The van der Waals surface area contributed by atoms with Crippen LogP contribution in [0.25, 0.3) is 0 Å². The summed E-state index contributed by atoms with van der Waals surface area (Å²) in [6, 6.07) is 13.7. The topological polar surface area (TPSA) is 127 Å². The van der Waals surface area contributed by atoms with Crippen molar-refractivity contribution in [3.05, 3.63) is 75.4 Å². The van der Waals surface area contributed by atoms with Gasteiger partial charge in [-0.05, 0) is 82.8 Å². The number of hydrazone groups is 1. The van der Waals surface area contributed by atoms with Crippen LogP contribution < -0.4 is 30.3 Å². The molecule has 3 amide bonds. The number of rotatable bonds is 9. The van der Waals surface area contributed by atoms with E-state index < -0.39 is 36.1 Å². The largest absolute Gasteiger partial charge is 0.497 e. The lowest BCUT2D eigenvalue weighted by atomic mass is 10.2. The monoisotopic (exact) mass is 670 g/mol. The average Bonchev–Trinajstić information content (AvgIpc) is 2.92. The second-order valence-corrected chi connectivity index (χ2v) is 8.99. The molecule has 0 atom stereocenters. The maximum Gasteiger partial charge on any atom is 0.416 e. The highest BCUT2D eigenvalue weighted by Crippen LogP contribution is 2.34. The van der Waals surface area contributed by atoms with E-state index in [2.05, 4.69) is 21.2 Å². The van der Waals surface area contributed by atoms with E-state index in [4.69, 9.17) is 14.2 Å². The standard InChI is InChI=1S/C26H22F3IN4O6/c1-38-19-8-6-17(7-9-19)33-24(36)25(37)34-31-13-15-10-20(30)23(21(11-15)39-2)40-14-22(35)32-18-5-3-4-16(12-18)26(27,28)29/h3-13H,14H2,1-2H3,(H,32,35)(H,33,36)(H,34,37)/b31-13-. The lowest BCUT2D eigenvalue weighted by Crippen LogP contribution is -2.32. The van der Waals surface area contributed by atoms with Crippen LogP contribution in [0.1, 0.15) is 11.1 Å². The van der Waals surface area contributed by atoms with Crippen LogP contribution >= 0.6 is 22.6 Å². The SMILES string of the molecule is COc1ccc(NC(=O)C(=O)N/N=C\c2cc(I)c(OCC(=O)Nc3cccc(C(F)(F)F)c3)c(OC)c2)cc1. The number of nitrogens with one attached hydrogen (secondary N) is 3. The Morgan fingerprint density at radius 3 is 2.30 bits per heavy atom. The molecule has 3 N–H and O–H groups in total. The first-order valence-electron chi connectivity index (χ1n) is 11.3. The molecule has 0 unspecified atom stereocenters. The van der Waals surface area contributed by atoms with Gasteiger partial charge in [-0.25, -0.2) is 5.43 Å².